The zero-order chi connectivity index (χ0) is 16.5. The summed E-state index contributed by atoms with van der Waals surface area (Å²) in [5.41, 5.74) is 1.40. The van der Waals surface area contributed by atoms with E-state index in [1.165, 1.54) is 6.07 Å². The lowest BCUT2D eigenvalue weighted by atomic mass is 10.1. The van der Waals surface area contributed by atoms with Gasteiger partial charge in [0.25, 0.3) is 0 Å². The minimum Gasteiger partial charge on any atom is -0.335 e. The van der Waals surface area contributed by atoms with Crippen LogP contribution < -0.4 is 5.32 Å². The minimum atomic E-state index is -0.172. The molecule has 4 rings (SSSR count). The van der Waals surface area contributed by atoms with E-state index in [0.717, 1.165) is 44.3 Å². The molecule has 6 heteroatoms. The number of carbonyl (C=O) groups is 1. The first-order chi connectivity index (χ1) is 11.7. The molecule has 2 aliphatic rings. The van der Waals surface area contributed by atoms with E-state index >= 15 is 0 Å². The number of amides is 2. The maximum absolute atomic E-state index is 13.8. The van der Waals surface area contributed by atoms with Gasteiger partial charge in [-0.2, -0.15) is 0 Å². The molecule has 5 nitrogen and oxygen atoms in total. The Bertz CT molecular complexity index is 727. The van der Waals surface area contributed by atoms with Crippen LogP contribution in [0.1, 0.15) is 37.2 Å². The summed E-state index contributed by atoms with van der Waals surface area (Å²) in [7, 11) is 0. The Balaban J connectivity index is 1.44. The molecular weight excluding hydrogens is 307 g/mol. The Kier molecular flexibility index (Phi) is 3.96. The summed E-state index contributed by atoms with van der Waals surface area (Å²) in [6.07, 6.45) is 9.50. The van der Waals surface area contributed by atoms with Gasteiger partial charge in [-0.1, -0.05) is 0 Å². The highest BCUT2D eigenvalue weighted by Gasteiger charge is 2.30. The molecule has 1 aliphatic carbocycles. The number of aromatic nitrogens is 2. The average molecular weight is 328 g/mol. The van der Waals surface area contributed by atoms with Gasteiger partial charge in [-0.15, -0.1) is 0 Å². The van der Waals surface area contributed by atoms with Crippen LogP contribution in [-0.2, 0) is 6.54 Å². The molecule has 2 amide bonds. The fourth-order valence-corrected chi connectivity index (χ4v) is 3.45. The SMILES string of the molecule is O=C(Nc1ccc(F)c(C2CC2)c1)N1CCCC1Cn1ccnc1. The number of carbonyl (C=O) groups excluding carboxylic acids is 1. The van der Waals surface area contributed by atoms with Crippen molar-refractivity contribution in [2.24, 2.45) is 0 Å². The van der Waals surface area contributed by atoms with Gasteiger partial charge in [0.05, 0.1) is 12.4 Å². The van der Waals surface area contributed by atoms with Gasteiger partial charge in [-0.25, -0.2) is 14.2 Å². The topological polar surface area (TPSA) is 50.2 Å². The van der Waals surface area contributed by atoms with Crippen molar-refractivity contribution in [1.82, 2.24) is 14.5 Å². The second kappa shape index (κ2) is 6.26. The first kappa shape index (κ1) is 15.2. The highest BCUT2D eigenvalue weighted by atomic mass is 19.1. The summed E-state index contributed by atoms with van der Waals surface area (Å²) in [6.45, 7) is 1.51. The number of likely N-dealkylation sites (tertiary alicyclic amines) is 1. The third kappa shape index (κ3) is 3.13. The molecule has 1 unspecified atom stereocenters. The highest BCUT2D eigenvalue weighted by Crippen LogP contribution is 2.42. The zero-order valence-electron chi connectivity index (χ0n) is 13.5. The van der Waals surface area contributed by atoms with E-state index in [1.54, 1.807) is 24.7 Å². The monoisotopic (exact) mass is 328 g/mol. The highest BCUT2D eigenvalue weighted by molar-refractivity contribution is 5.89. The number of hydrogen-bond donors (Lipinski definition) is 1. The second-order valence-electron chi connectivity index (χ2n) is 6.69. The first-order valence-electron chi connectivity index (χ1n) is 8.53. The summed E-state index contributed by atoms with van der Waals surface area (Å²) in [5, 5.41) is 2.94. The number of anilines is 1. The van der Waals surface area contributed by atoms with E-state index in [4.69, 9.17) is 0 Å². The van der Waals surface area contributed by atoms with Gasteiger partial charge in [0.1, 0.15) is 5.82 Å². The molecule has 1 saturated heterocycles. The number of rotatable bonds is 4. The lowest BCUT2D eigenvalue weighted by Gasteiger charge is -2.25. The van der Waals surface area contributed by atoms with Crippen molar-refractivity contribution in [2.45, 2.75) is 44.2 Å². The summed E-state index contributed by atoms with van der Waals surface area (Å²) in [4.78, 5) is 18.6. The third-order valence-corrected chi connectivity index (χ3v) is 4.88. The van der Waals surface area contributed by atoms with Gasteiger partial charge >= 0.3 is 6.03 Å². The number of benzene rings is 1. The number of imidazole rings is 1. The van der Waals surface area contributed by atoms with Gasteiger partial charge < -0.3 is 14.8 Å². The molecule has 2 fully saturated rings. The largest absolute Gasteiger partial charge is 0.335 e. The van der Waals surface area contributed by atoms with Crippen LogP contribution in [0.3, 0.4) is 0 Å². The number of nitrogens with one attached hydrogen (secondary N) is 1. The molecule has 24 heavy (non-hydrogen) atoms. The maximum atomic E-state index is 13.8. The lowest BCUT2D eigenvalue weighted by molar-refractivity contribution is 0.201. The van der Waals surface area contributed by atoms with Crippen LogP contribution in [0, 0.1) is 5.82 Å². The summed E-state index contributed by atoms with van der Waals surface area (Å²) in [6, 6.07) is 4.94. The predicted octanol–water partition coefficient (Wildman–Crippen LogP) is 3.60. The quantitative estimate of drug-likeness (QED) is 0.932. The molecule has 2 heterocycles. The van der Waals surface area contributed by atoms with Crippen LogP contribution in [0.2, 0.25) is 0 Å². The summed E-state index contributed by atoms with van der Waals surface area (Å²) < 4.78 is 15.8. The molecule has 1 aliphatic heterocycles. The Labute approximate surface area is 140 Å². The molecule has 1 saturated carbocycles. The Morgan fingerprint density at radius 1 is 1.33 bits per heavy atom. The zero-order valence-corrected chi connectivity index (χ0v) is 13.5. The standard InChI is InChI=1S/C18H21FN4O/c19-17-6-5-14(10-16(17)13-3-4-13)21-18(24)23-8-1-2-15(23)11-22-9-7-20-12-22/h5-7,9-10,12-13,15H,1-4,8,11H2,(H,21,24). The van der Waals surface area contributed by atoms with E-state index < -0.39 is 0 Å². The molecule has 1 atom stereocenters. The third-order valence-electron chi connectivity index (χ3n) is 4.88. The van der Waals surface area contributed by atoms with Crippen molar-refractivity contribution in [2.75, 3.05) is 11.9 Å². The second-order valence-corrected chi connectivity index (χ2v) is 6.69. The molecule has 2 aromatic rings. The molecular formula is C18H21FN4O. The van der Waals surface area contributed by atoms with Crippen LogP contribution in [0.4, 0.5) is 14.9 Å². The van der Waals surface area contributed by atoms with E-state index in [9.17, 15) is 9.18 Å². The van der Waals surface area contributed by atoms with E-state index in [-0.39, 0.29) is 17.9 Å². The van der Waals surface area contributed by atoms with Crippen molar-refractivity contribution >= 4 is 11.7 Å². The molecule has 126 valence electrons. The number of urea groups is 1. The number of hydrogen-bond acceptors (Lipinski definition) is 2. The minimum absolute atomic E-state index is 0.106. The predicted molar refractivity (Wildman–Crippen MR) is 89.3 cm³/mol. The molecule has 0 radical (unpaired) electrons. The smallest absolute Gasteiger partial charge is 0.322 e. The Morgan fingerprint density at radius 2 is 2.21 bits per heavy atom. The number of halogens is 1. The molecule has 1 aromatic heterocycles. The summed E-state index contributed by atoms with van der Waals surface area (Å²) in [5.74, 6) is 0.150. The van der Waals surface area contributed by atoms with Gasteiger partial charge in [0.15, 0.2) is 0 Å². The maximum Gasteiger partial charge on any atom is 0.322 e. The fraction of sp³-hybridized carbons (Fsp3) is 0.444. The van der Waals surface area contributed by atoms with Crippen molar-refractivity contribution in [3.05, 3.63) is 48.3 Å². The molecule has 0 spiro atoms. The molecule has 1 aromatic carbocycles. The van der Waals surface area contributed by atoms with Gasteiger partial charge in [-0.3, -0.25) is 0 Å². The molecule has 1 N–H and O–H groups in total. The van der Waals surface area contributed by atoms with Gasteiger partial charge in [0.2, 0.25) is 0 Å². The van der Waals surface area contributed by atoms with Crippen LogP contribution >= 0.6 is 0 Å². The Morgan fingerprint density at radius 3 is 2.96 bits per heavy atom. The molecule has 0 bridgehead atoms. The van der Waals surface area contributed by atoms with Crippen molar-refractivity contribution in [1.29, 1.82) is 0 Å². The van der Waals surface area contributed by atoms with E-state index in [2.05, 4.69) is 10.3 Å². The normalized spacial score (nSPS) is 20.4. The van der Waals surface area contributed by atoms with Crippen LogP contribution in [-0.4, -0.2) is 33.1 Å². The van der Waals surface area contributed by atoms with Crippen LogP contribution in [0.15, 0.2) is 36.9 Å². The Hall–Kier alpha value is -2.37. The van der Waals surface area contributed by atoms with Crippen molar-refractivity contribution < 1.29 is 9.18 Å². The fourth-order valence-electron chi connectivity index (χ4n) is 3.45. The van der Waals surface area contributed by atoms with E-state index in [0.29, 0.717) is 11.6 Å². The van der Waals surface area contributed by atoms with E-state index in [1.807, 2.05) is 15.7 Å². The van der Waals surface area contributed by atoms with Crippen molar-refractivity contribution in [3.63, 3.8) is 0 Å². The first-order valence-corrected chi connectivity index (χ1v) is 8.53. The van der Waals surface area contributed by atoms with Crippen LogP contribution in [0.5, 0.6) is 0 Å². The number of nitrogens with zero attached hydrogens (tertiary/aromatic N) is 3. The lowest BCUT2D eigenvalue weighted by Crippen LogP contribution is -2.40. The van der Waals surface area contributed by atoms with Gasteiger partial charge in [-0.05, 0) is 55.4 Å². The average Bonchev–Trinajstić information content (AvgIpc) is 3.09. The summed E-state index contributed by atoms with van der Waals surface area (Å²) >= 11 is 0. The van der Waals surface area contributed by atoms with Crippen molar-refractivity contribution in [3.8, 4) is 0 Å². The van der Waals surface area contributed by atoms with Gasteiger partial charge in [0, 0.05) is 31.2 Å². The van der Waals surface area contributed by atoms with Crippen LogP contribution in [0.25, 0.3) is 0 Å².